The van der Waals surface area contributed by atoms with Crippen molar-refractivity contribution in [3.63, 3.8) is 0 Å². The van der Waals surface area contributed by atoms with Crippen LogP contribution in [0.15, 0.2) is 36.5 Å². The summed E-state index contributed by atoms with van der Waals surface area (Å²) in [6.07, 6.45) is 1.42. The summed E-state index contributed by atoms with van der Waals surface area (Å²) < 4.78 is 0. The normalized spacial score (nSPS) is 10.3. The topological polar surface area (TPSA) is 102 Å². The van der Waals surface area contributed by atoms with Crippen LogP contribution in [-0.4, -0.2) is 28.9 Å². The van der Waals surface area contributed by atoms with Crippen molar-refractivity contribution in [2.24, 2.45) is 5.73 Å². The number of rotatable bonds is 6. The molecule has 0 saturated heterocycles. The third-order valence-corrected chi connectivity index (χ3v) is 3.63. The molecule has 1 aromatic carbocycles. The maximum Gasteiger partial charge on any atom is 0.278 e. The highest BCUT2D eigenvalue weighted by Crippen LogP contribution is 2.32. The minimum absolute atomic E-state index is 0.0602. The summed E-state index contributed by atoms with van der Waals surface area (Å²) in [4.78, 5) is 28.4. The molecule has 1 amide bonds. The van der Waals surface area contributed by atoms with E-state index in [0.29, 0.717) is 11.3 Å². The lowest BCUT2D eigenvalue weighted by molar-refractivity contribution is -0.384. The number of hydrogen-bond acceptors (Lipinski definition) is 5. The fourth-order valence-corrected chi connectivity index (χ4v) is 2.40. The lowest BCUT2D eigenvalue weighted by atomic mass is 10.1. The van der Waals surface area contributed by atoms with Crippen LogP contribution in [0.2, 0.25) is 0 Å². The van der Waals surface area contributed by atoms with Gasteiger partial charge in [-0.2, -0.15) is 0 Å². The van der Waals surface area contributed by atoms with Gasteiger partial charge in [-0.1, -0.05) is 0 Å². The van der Waals surface area contributed by atoms with Gasteiger partial charge in [0.05, 0.1) is 16.2 Å². The van der Waals surface area contributed by atoms with Crippen LogP contribution in [0.3, 0.4) is 0 Å². The van der Waals surface area contributed by atoms with E-state index in [4.69, 9.17) is 5.73 Å². The second-order valence-corrected chi connectivity index (χ2v) is 4.92. The first kappa shape index (κ1) is 16.4. The van der Waals surface area contributed by atoms with Gasteiger partial charge in [0, 0.05) is 36.6 Å². The second kappa shape index (κ2) is 6.87. The van der Waals surface area contributed by atoms with Crippen LogP contribution in [0.5, 0.6) is 0 Å². The Hall–Kier alpha value is -2.96. The summed E-state index contributed by atoms with van der Waals surface area (Å²) in [6.45, 7) is 5.58. The van der Waals surface area contributed by atoms with Crippen molar-refractivity contribution >= 4 is 17.3 Å². The van der Waals surface area contributed by atoms with Gasteiger partial charge in [-0.25, -0.2) is 0 Å². The van der Waals surface area contributed by atoms with Crippen LogP contribution in [-0.2, 0) is 0 Å². The number of nitro benzene ring substituents is 1. The molecule has 23 heavy (non-hydrogen) atoms. The molecule has 1 heterocycles. The Bertz CT molecular complexity index is 742. The number of nitro groups is 1. The first-order chi connectivity index (χ1) is 11.0. The van der Waals surface area contributed by atoms with E-state index in [9.17, 15) is 14.9 Å². The van der Waals surface area contributed by atoms with E-state index in [-0.39, 0.29) is 11.3 Å². The highest BCUT2D eigenvalue weighted by molar-refractivity contribution is 5.94. The van der Waals surface area contributed by atoms with Gasteiger partial charge in [0.2, 0.25) is 5.91 Å². The van der Waals surface area contributed by atoms with Crippen LogP contribution in [0, 0.1) is 10.1 Å². The van der Waals surface area contributed by atoms with Crippen LogP contribution in [0.4, 0.5) is 11.4 Å². The molecule has 0 radical (unpaired) electrons. The van der Waals surface area contributed by atoms with Crippen molar-refractivity contribution in [3.05, 3.63) is 52.2 Å². The number of carbonyl (C=O) groups is 1. The Morgan fingerprint density at radius 2 is 1.96 bits per heavy atom. The SMILES string of the molecule is CCN(CC)c1ccc([N+](=O)[O-])c(-c2cc(C(N)=O)ccn2)c1. The van der Waals surface area contributed by atoms with Gasteiger partial charge in [0.1, 0.15) is 0 Å². The summed E-state index contributed by atoms with van der Waals surface area (Å²) in [5, 5.41) is 11.3. The zero-order valence-electron chi connectivity index (χ0n) is 13.0. The fourth-order valence-electron chi connectivity index (χ4n) is 2.40. The van der Waals surface area contributed by atoms with Crippen molar-refractivity contribution < 1.29 is 9.72 Å². The van der Waals surface area contributed by atoms with Crippen molar-refractivity contribution in [3.8, 4) is 11.3 Å². The minimum atomic E-state index is -0.601. The predicted molar refractivity (Wildman–Crippen MR) is 88.4 cm³/mol. The molecule has 0 atom stereocenters. The van der Waals surface area contributed by atoms with Gasteiger partial charge >= 0.3 is 0 Å². The van der Waals surface area contributed by atoms with E-state index in [1.807, 2.05) is 13.8 Å². The molecule has 7 nitrogen and oxygen atoms in total. The third-order valence-electron chi connectivity index (χ3n) is 3.63. The molecule has 0 bridgehead atoms. The molecule has 0 aliphatic heterocycles. The molecular weight excluding hydrogens is 296 g/mol. The largest absolute Gasteiger partial charge is 0.372 e. The van der Waals surface area contributed by atoms with E-state index >= 15 is 0 Å². The molecule has 0 unspecified atom stereocenters. The Morgan fingerprint density at radius 1 is 1.26 bits per heavy atom. The van der Waals surface area contributed by atoms with Crippen LogP contribution >= 0.6 is 0 Å². The van der Waals surface area contributed by atoms with Crippen LogP contribution in [0.25, 0.3) is 11.3 Å². The number of amides is 1. The highest BCUT2D eigenvalue weighted by atomic mass is 16.6. The molecule has 0 aliphatic rings. The van der Waals surface area contributed by atoms with Crippen LogP contribution in [0.1, 0.15) is 24.2 Å². The van der Waals surface area contributed by atoms with Gasteiger partial charge in [-0.05, 0) is 38.1 Å². The number of primary amides is 1. The van der Waals surface area contributed by atoms with E-state index < -0.39 is 10.8 Å². The van der Waals surface area contributed by atoms with Crippen molar-refractivity contribution in [2.75, 3.05) is 18.0 Å². The highest BCUT2D eigenvalue weighted by Gasteiger charge is 2.19. The third kappa shape index (κ3) is 3.45. The Labute approximate surface area is 133 Å². The number of nitrogens with zero attached hydrogens (tertiary/aromatic N) is 3. The van der Waals surface area contributed by atoms with Gasteiger partial charge in [0.15, 0.2) is 0 Å². The van der Waals surface area contributed by atoms with Crippen molar-refractivity contribution in [2.45, 2.75) is 13.8 Å². The minimum Gasteiger partial charge on any atom is -0.372 e. The van der Waals surface area contributed by atoms with E-state index in [0.717, 1.165) is 18.8 Å². The standard InChI is InChI=1S/C16H18N4O3/c1-3-19(4-2)12-5-6-15(20(22)23)13(10-12)14-9-11(16(17)21)7-8-18-14/h5-10H,3-4H2,1-2H3,(H2,17,21). The Kier molecular flexibility index (Phi) is 4.90. The predicted octanol–water partition coefficient (Wildman–Crippen LogP) is 2.60. The van der Waals surface area contributed by atoms with Crippen molar-refractivity contribution in [1.82, 2.24) is 4.98 Å². The molecule has 7 heteroatoms. The molecule has 2 N–H and O–H groups in total. The molecular formula is C16H18N4O3. The molecule has 0 spiro atoms. The average Bonchev–Trinajstić information content (AvgIpc) is 2.55. The number of hydrogen-bond donors (Lipinski definition) is 1. The first-order valence-corrected chi connectivity index (χ1v) is 7.27. The van der Waals surface area contributed by atoms with Gasteiger partial charge in [0.25, 0.3) is 5.69 Å². The number of pyridine rings is 1. The molecule has 120 valence electrons. The lowest BCUT2D eigenvalue weighted by Gasteiger charge is -2.21. The molecule has 2 rings (SSSR count). The number of benzene rings is 1. The molecule has 2 aromatic rings. The molecule has 1 aromatic heterocycles. The van der Waals surface area contributed by atoms with Crippen LogP contribution < -0.4 is 10.6 Å². The van der Waals surface area contributed by atoms with E-state index in [1.165, 1.54) is 24.4 Å². The quantitative estimate of drug-likeness (QED) is 0.652. The molecule has 0 aliphatic carbocycles. The lowest BCUT2D eigenvalue weighted by Crippen LogP contribution is -2.21. The summed E-state index contributed by atoms with van der Waals surface area (Å²) in [6, 6.07) is 7.84. The zero-order chi connectivity index (χ0) is 17.0. The number of anilines is 1. The summed E-state index contributed by atoms with van der Waals surface area (Å²) in [5.41, 5.74) is 7.05. The van der Waals surface area contributed by atoms with Gasteiger partial charge in [-0.15, -0.1) is 0 Å². The second-order valence-electron chi connectivity index (χ2n) is 4.92. The summed E-state index contributed by atoms with van der Waals surface area (Å²) in [7, 11) is 0. The monoisotopic (exact) mass is 314 g/mol. The average molecular weight is 314 g/mol. The summed E-state index contributed by atoms with van der Waals surface area (Å²) >= 11 is 0. The van der Waals surface area contributed by atoms with Gasteiger partial charge in [-0.3, -0.25) is 19.9 Å². The van der Waals surface area contributed by atoms with Gasteiger partial charge < -0.3 is 10.6 Å². The molecule has 0 fully saturated rings. The fraction of sp³-hybridized carbons (Fsp3) is 0.250. The number of aromatic nitrogens is 1. The Balaban J connectivity index is 2.62. The maximum absolute atomic E-state index is 11.3. The number of nitrogens with two attached hydrogens (primary N) is 1. The maximum atomic E-state index is 11.3. The first-order valence-electron chi connectivity index (χ1n) is 7.27. The molecule has 0 saturated carbocycles. The number of carbonyl (C=O) groups excluding carboxylic acids is 1. The Morgan fingerprint density at radius 3 is 2.52 bits per heavy atom. The summed E-state index contributed by atoms with van der Waals surface area (Å²) in [5.74, 6) is -0.601. The smallest absolute Gasteiger partial charge is 0.278 e. The van der Waals surface area contributed by atoms with Crippen molar-refractivity contribution in [1.29, 1.82) is 0 Å². The zero-order valence-corrected chi connectivity index (χ0v) is 13.0. The van der Waals surface area contributed by atoms with E-state index in [2.05, 4.69) is 9.88 Å². The van der Waals surface area contributed by atoms with E-state index in [1.54, 1.807) is 12.1 Å².